The number of alkyl halides is 3. The second-order valence-electron chi connectivity index (χ2n) is 2.79. The van der Waals surface area contributed by atoms with Crippen LogP contribution in [-0.2, 0) is 12.6 Å². The molecule has 0 aromatic heterocycles. The molecule has 0 atom stereocenters. The molecule has 80 valence electrons. The Morgan fingerprint density at radius 2 is 2.00 bits per heavy atom. The first-order valence-electron chi connectivity index (χ1n) is 3.81. The molecular formula is C9H5BrF3NO. The fourth-order valence-electron chi connectivity index (χ4n) is 1.04. The molecule has 0 amide bonds. The summed E-state index contributed by atoms with van der Waals surface area (Å²) in [6.45, 7) is 0. The van der Waals surface area contributed by atoms with E-state index in [1.807, 2.05) is 0 Å². The van der Waals surface area contributed by atoms with E-state index in [1.54, 1.807) is 6.07 Å². The number of phenols is 1. The molecule has 2 nitrogen and oxygen atoms in total. The molecule has 0 unspecified atom stereocenters. The smallest absolute Gasteiger partial charge is 0.416 e. The van der Waals surface area contributed by atoms with Gasteiger partial charge >= 0.3 is 6.18 Å². The lowest BCUT2D eigenvalue weighted by molar-refractivity contribution is -0.137. The Morgan fingerprint density at radius 1 is 1.40 bits per heavy atom. The molecular weight excluding hydrogens is 275 g/mol. The van der Waals surface area contributed by atoms with Crippen molar-refractivity contribution in [2.45, 2.75) is 12.6 Å². The molecule has 0 aliphatic heterocycles. The van der Waals surface area contributed by atoms with Crippen molar-refractivity contribution in [2.75, 3.05) is 0 Å². The molecule has 15 heavy (non-hydrogen) atoms. The summed E-state index contributed by atoms with van der Waals surface area (Å²) in [6, 6.07) is 3.20. The Bertz CT molecular complexity index is 399. The highest BCUT2D eigenvalue weighted by atomic mass is 79.9. The third kappa shape index (κ3) is 2.63. The highest BCUT2D eigenvalue weighted by Gasteiger charge is 2.32. The zero-order valence-electron chi connectivity index (χ0n) is 7.27. The Hall–Kier alpha value is -1.22. The van der Waals surface area contributed by atoms with Crippen molar-refractivity contribution < 1.29 is 18.3 Å². The minimum Gasteiger partial charge on any atom is -0.508 e. The van der Waals surface area contributed by atoms with Crippen molar-refractivity contribution in [3.05, 3.63) is 27.7 Å². The van der Waals surface area contributed by atoms with Crippen LogP contribution in [0.2, 0.25) is 0 Å². The second-order valence-corrected chi connectivity index (χ2v) is 3.64. The lowest BCUT2D eigenvalue weighted by Gasteiger charge is -2.10. The van der Waals surface area contributed by atoms with E-state index in [0.717, 1.165) is 6.07 Å². The summed E-state index contributed by atoms with van der Waals surface area (Å²) in [5.41, 5.74) is -0.793. The summed E-state index contributed by atoms with van der Waals surface area (Å²) in [5.74, 6) is -0.529. The molecule has 0 bridgehead atoms. The molecule has 1 aromatic carbocycles. The SMILES string of the molecule is N#CCc1c(O)cc(C(F)(F)F)cc1Br. The fourth-order valence-corrected chi connectivity index (χ4v) is 1.63. The molecule has 1 rings (SSSR count). The number of nitrogens with zero attached hydrogens (tertiary/aromatic N) is 1. The molecule has 0 heterocycles. The van der Waals surface area contributed by atoms with Crippen molar-refractivity contribution >= 4 is 15.9 Å². The van der Waals surface area contributed by atoms with Gasteiger partial charge in [-0.05, 0) is 12.1 Å². The Balaban J connectivity index is 3.27. The predicted octanol–water partition coefficient (Wildman–Crippen LogP) is 3.24. The highest BCUT2D eigenvalue weighted by molar-refractivity contribution is 9.10. The average molecular weight is 280 g/mol. The highest BCUT2D eigenvalue weighted by Crippen LogP contribution is 2.36. The van der Waals surface area contributed by atoms with Gasteiger partial charge in [0.05, 0.1) is 18.1 Å². The first-order valence-corrected chi connectivity index (χ1v) is 4.61. The molecule has 0 spiro atoms. The van der Waals surface area contributed by atoms with E-state index >= 15 is 0 Å². The van der Waals surface area contributed by atoms with Crippen molar-refractivity contribution in [3.63, 3.8) is 0 Å². The molecule has 0 radical (unpaired) electrons. The maximum Gasteiger partial charge on any atom is 0.416 e. The summed E-state index contributed by atoms with van der Waals surface area (Å²) in [5, 5.41) is 17.7. The first-order chi connectivity index (χ1) is 6.86. The van der Waals surface area contributed by atoms with Crippen LogP contribution in [0.25, 0.3) is 0 Å². The predicted molar refractivity (Wildman–Crippen MR) is 50.1 cm³/mol. The molecule has 1 aromatic rings. The minimum atomic E-state index is -4.51. The van der Waals surface area contributed by atoms with Gasteiger partial charge in [0.1, 0.15) is 5.75 Å². The van der Waals surface area contributed by atoms with Gasteiger partial charge in [-0.15, -0.1) is 0 Å². The zero-order valence-corrected chi connectivity index (χ0v) is 8.85. The van der Waals surface area contributed by atoms with Crippen LogP contribution in [0, 0.1) is 11.3 Å². The molecule has 0 fully saturated rings. The fraction of sp³-hybridized carbons (Fsp3) is 0.222. The summed E-state index contributed by atoms with van der Waals surface area (Å²) in [7, 11) is 0. The van der Waals surface area contributed by atoms with Gasteiger partial charge < -0.3 is 5.11 Å². The van der Waals surface area contributed by atoms with Crippen LogP contribution in [0.5, 0.6) is 5.75 Å². The third-order valence-electron chi connectivity index (χ3n) is 1.76. The van der Waals surface area contributed by atoms with Crippen molar-refractivity contribution in [2.24, 2.45) is 0 Å². The standard InChI is InChI=1S/C9H5BrF3NO/c10-7-3-5(9(11,12)13)4-8(15)6(7)1-2-14/h3-4,15H,1H2. The van der Waals surface area contributed by atoms with Crippen molar-refractivity contribution in [1.82, 2.24) is 0 Å². The first kappa shape index (κ1) is 11.9. The van der Waals surface area contributed by atoms with Gasteiger partial charge in [-0.2, -0.15) is 18.4 Å². The summed E-state index contributed by atoms with van der Waals surface area (Å²) in [4.78, 5) is 0. The molecule has 0 aliphatic carbocycles. The lowest BCUT2D eigenvalue weighted by atomic mass is 10.1. The average Bonchev–Trinajstić information content (AvgIpc) is 2.09. The quantitative estimate of drug-likeness (QED) is 0.858. The van der Waals surface area contributed by atoms with Crippen LogP contribution < -0.4 is 0 Å². The van der Waals surface area contributed by atoms with Gasteiger partial charge in [0, 0.05) is 10.0 Å². The van der Waals surface area contributed by atoms with E-state index in [4.69, 9.17) is 5.26 Å². The number of halogens is 4. The van der Waals surface area contributed by atoms with E-state index in [1.165, 1.54) is 0 Å². The van der Waals surface area contributed by atoms with Gasteiger partial charge in [0.15, 0.2) is 0 Å². The Labute approximate surface area is 92.1 Å². The van der Waals surface area contributed by atoms with E-state index in [9.17, 15) is 18.3 Å². The number of nitriles is 1. The lowest BCUT2D eigenvalue weighted by Crippen LogP contribution is -2.05. The van der Waals surface area contributed by atoms with Crippen LogP contribution in [0.3, 0.4) is 0 Å². The molecule has 6 heteroatoms. The Morgan fingerprint density at radius 3 is 2.40 bits per heavy atom. The van der Waals surface area contributed by atoms with E-state index < -0.39 is 17.5 Å². The number of hydrogen-bond donors (Lipinski definition) is 1. The third-order valence-corrected chi connectivity index (χ3v) is 2.46. The van der Waals surface area contributed by atoms with E-state index in [2.05, 4.69) is 15.9 Å². The molecule has 0 aliphatic rings. The summed E-state index contributed by atoms with van der Waals surface area (Å²) >= 11 is 2.88. The topological polar surface area (TPSA) is 44.0 Å². The van der Waals surface area contributed by atoms with Crippen LogP contribution in [0.15, 0.2) is 16.6 Å². The van der Waals surface area contributed by atoms with Gasteiger partial charge in [-0.1, -0.05) is 15.9 Å². The summed E-state index contributed by atoms with van der Waals surface area (Å²) in [6.07, 6.45) is -4.66. The largest absolute Gasteiger partial charge is 0.508 e. The zero-order chi connectivity index (χ0) is 11.6. The number of phenolic OH excluding ortho intramolecular Hbond substituents is 1. The van der Waals surface area contributed by atoms with E-state index in [-0.39, 0.29) is 16.5 Å². The maximum atomic E-state index is 12.3. The van der Waals surface area contributed by atoms with Gasteiger partial charge in [0.2, 0.25) is 0 Å². The Kier molecular flexibility index (Phi) is 3.25. The van der Waals surface area contributed by atoms with Crippen LogP contribution in [0.1, 0.15) is 11.1 Å². The number of benzene rings is 1. The number of aromatic hydroxyl groups is 1. The van der Waals surface area contributed by atoms with Crippen LogP contribution in [0.4, 0.5) is 13.2 Å². The van der Waals surface area contributed by atoms with Crippen molar-refractivity contribution in [1.29, 1.82) is 5.26 Å². The van der Waals surface area contributed by atoms with Crippen LogP contribution in [-0.4, -0.2) is 5.11 Å². The second kappa shape index (κ2) is 4.11. The van der Waals surface area contributed by atoms with E-state index in [0.29, 0.717) is 6.07 Å². The van der Waals surface area contributed by atoms with Gasteiger partial charge in [0.25, 0.3) is 0 Å². The normalized spacial score (nSPS) is 11.1. The van der Waals surface area contributed by atoms with Crippen molar-refractivity contribution in [3.8, 4) is 11.8 Å². The number of rotatable bonds is 1. The van der Waals surface area contributed by atoms with Gasteiger partial charge in [-0.25, -0.2) is 0 Å². The molecule has 1 N–H and O–H groups in total. The monoisotopic (exact) mass is 279 g/mol. The molecule has 0 saturated heterocycles. The van der Waals surface area contributed by atoms with Crippen LogP contribution >= 0.6 is 15.9 Å². The minimum absolute atomic E-state index is 0.0800. The number of hydrogen-bond acceptors (Lipinski definition) is 2. The summed E-state index contributed by atoms with van der Waals surface area (Å²) < 4.78 is 36.9. The molecule has 0 saturated carbocycles. The maximum absolute atomic E-state index is 12.3. The van der Waals surface area contributed by atoms with Gasteiger partial charge in [-0.3, -0.25) is 0 Å².